The number of carbonyl (C=O) groups excluding carboxylic acids is 1. The van der Waals surface area contributed by atoms with Crippen molar-refractivity contribution in [2.45, 2.75) is 52.6 Å². The molecule has 0 bridgehead atoms. The molecule has 0 saturated carbocycles. The van der Waals surface area contributed by atoms with Crippen molar-refractivity contribution in [2.75, 3.05) is 7.05 Å². The van der Waals surface area contributed by atoms with Gasteiger partial charge in [0.25, 0.3) is 0 Å². The zero-order valence-electron chi connectivity index (χ0n) is 11.4. The zero-order chi connectivity index (χ0) is 13.6. The van der Waals surface area contributed by atoms with E-state index >= 15 is 0 Å². The van der Waals surface area contributed by atoms with Crippen molar-refractivity contribution in [1.29, 1.82) is 0 Å². The number of carboxylic acid groups (broad SMARTS) is 1. The molecule has 0 aromatic heterocycles. The molecular formula is C12H24N2O3. The molecule has 0 rings (SSSR count). The molecule has 5 nitrogen and oxygen atoms in total. The molecule has 0 radical (unpaired) electrons. The maximum atomic E-state index is 11.8. The standard InChI is InChI=1S/C12H24N2O3/c1-6-7-9(4)14(5)12(17)13-10(8(2)3)11(15)16/h8-10H,6-7H2,1-5H3,(H,13,17)(H,15,16). The summed E-state index contributed by atoms with van der Waals surface area (Å²) in [6.07, 6.45) is 1.90. The molecule has 0 aliphatic carbocycles. The van der Waals surface area contributed by atoms with Crippen LogP contribution in [0.3, 0.4) is 0 Å². The van der Waals surface area contributed by atoms with Gasteiger partial charge in [0.15, 0.2) is 0 Å². The second-order valence-corrected chi connectivity index (χ2v) is 4.76. The van der Waals surface area contributed by atoms with Gasteiger partial charge in [-0.2, -0.15) is 0 Å². The fourth-order valence-electron chi connectivity index (χ4n) is 1.56. The Kier molecular flexibility index (Phi) is 6.61. The molecule has 2 unspecified atom stereocenters. The van der Waals surface area contributed by atoms with Crippen LogP contribution in [0.5, 0.6) is 0 Å². The Morgan fingerprint density at radius 3 is 2.18 bits per heavy atom. The maximum Gasteiger partial charge on any atom is 0.326 e. The van der Waals surface area contributed by atoms with E-state index in [1.54, 1.807) is 25.8 Å². The predicted molar refractivity (Wildman–Crippen MR) is 66.9 cm³/mol. The van der Waals surface area contributed by atoms with Crippen LogP contribution in [0.2, 0.25) is 0 Å². The minimum absolute atomic E-state index is 0.113. The molecule has 0 aromatic carbocycles. The molecule has 0 spiro atoms. The van der Waals surface area contributed by atoms with Gasteiger partial charge < -0.3 is 15.3 Å². The highest BCUT2D eigenvalue weighted by molar-refractivity contribution is 5.82. The number of urea groups is 1. The molecular weight excluding hydrogens is 220 g/mol. The van der Waals surface area contributed by atoms with Gasteiger partial charge in [-0.3, -0.25) is 0 Å². The predicted octanol–water partition coefficient (Wildman–Crippen LogP) is 1.93. The lowest BCUT2D eigenvalue weighted by atomic mass is 10.1. The van der Waals surface area contributed by atoms with Crippen LogP contribution < -0.4 is 5.32 Å². The Labute approximate surface area is 103 Å². The monoisotopic (exact) mass is 244 g/mol. The number of carbonyl (C=O) groups is 2. The van der Waals surface area contributed by atoms with E-state index in [9.17, 15) is 9.59 Å². The Balaban J connectivity index is 4.45. The number of amides is 2. The van der Waals surface area contributed by atoms with Crippen molar-refractivity contribution in [2.24, 2.45) is 5.92 Å². The number of nitrogens with one attached hydrogen (secondary N) is 1. The van der Waals surface area contributed by atoms with Crippen LogP contribution in [0.15, 0.2) is 0 Å². The van der Waals surface area contributed by atoms with E-state index in [2.05, 4.69) is 12.2 Å². The topological polar surface area (TPSA) is 69.6 Å². The fourth-order valence-corrected chi connectivity index (χ4v) is 1.56. The van der Waals surface area contributed by atoms with E-state index in [0.29, 0.717) is 0 Å². The summed E-state index contributed by atoms with van der Waals surface area (Å²) in [6, 6.07) is -1.05. The van der Waals surface area contributed by atoms with Crippen LogP contribution in [-0.4, -0.2) is 41.1 Å². The van der Waals surface area contributed by atoms with Crippen LogP contribution in [-0.2, 0) is 4.79 Å². The first-order valence-corrected chi connectivity index (χ1v) is 6.07. The summed E-state index contributed by atoms with van der Waals surface area (Å²) in [7, 11) is 1.69. The quantitative estimate of drug-likeness (QED) is 0.750. The fraction of sp³-hybridized carbons (Fsp3) is 0.833. The molecule has 5 heteroatoms. The molecule has 0 heterocycles. The number of aliphatic carboxylic acids is 1. The SMILES string of the molecule is CCCC(C)N(C)C(=O)NC(C(=O)O)C(C)C. The van der Waals surface area contributed by atoms with Crippen LogP contribution in [0.1, 0.15) is 40.5 Å². The minimum Gasteiger partial charge on any atom is -0.480 e. The molecule has 2 atom stereocenters. The summed E-state index contributed by atoms with van der Waals surface area (Å²) in [4.78, 5) is 24.3. The lowest BCUT2D eigenvalue weighted by Crippen LogP contribution is -2.51. The van der Waals surface area contributed by atoms with Gasteiger partial charge >= 0.3 is 12.0 Å². The van der Waals surface area contributed by atoms with Gasteiger partial charge in [-0.15, -0.1) is 0 Å². The molecule has 17 heavy (non-hydrogen) atoms. The van der Waals surface area contributed by atoms with E-state index in [1.807, 2.05) is 6.92 Å². The van der Waals surface area contributed by atoms with Gasteiger partial charge in [0.2, 0.25) is 0 Å². The highest BCUT2D eigenvalue weighted by atomic mass is 16.4. The number of hydrogen-bond donors (Lipinski definition) is 2. The molecule has 2 amide bonds. The first kappa shape index (κ1) is 15.7. The van der Waals surface area contributed by atoms with Crippen LogP contribution in [0.25, 0.3) is 0 Å². The number of rotatable bonds is 6. The average molecular weight is 244 g/mol. The molecule has 100 valence electrons. The highest BCUT2D eigenvalue weighted by Crippen LogP contribution is 2.07. The first-order valence-electron chi connectivity index (χ1n) is 6.07. The largest absolute Gasteiger partial charge is 0.480 e. The summed E-state index contributed by atoms with van der Waals surface area (Å²) in [5.74, 6) is -1.13. The Morgan fingerprint density at radius 2 is 1.82 bits per heavy atom. The van der Waals surface area contributed by atoms with Gasteiger partial charge in [-0.25, -0.2) is 9.59 Å². The Hall–Kier alpha value is -1.26. The van der Waals surface area contributed by atoms with Crippen LogP contribution in [0, 0.1) is 5.92 Å². The third-order valence-electron chi connectivity index (χ3n) is 2.90. The molecule has 0 aliphatic heterocycles. The van der Waals surface area contributed by atoms with Crippen molar-refractivity contribution < 1.29 is 14.7 Å². The lowest BCUT2D eigenvalue weighted by Gasteiger charge is -2.27. The van der Waals surface area contributed by atoms with Crippen molar-refractivity contribution in [3.8, 4) is 0 Å². The van der Waals surface area contributed by atoms with Gasteiger partial charge in [0.1, 0.15) is 6.04 Å². The summed E-state index contributed by atoms with van der Waals surface area (Å²) < 4.78 is 0. The molecule has 2 N–H and O–H groups in total. The molecule has 0 fully saturated rings. The Morgan fingerprint density at radius 1 is 1.29 bits per heavy atom. The third-order valence-corrected chi connectivity index (χ3v) is 2.90. The minimum atomic E-state index is -0.995. The smallest absolute Gasteiger partial charge is 0.326 e. The second-order valence-electron chi connectivity index (χ2n) is 4.76. The normalized spacial score (nSPS) is 14.2. The van der Waals surface area contributed by atoms with Gasteiger partial charge in [-0.1, -0.05) is 27.2 Å². The molecule has 0 aliphatic rings. The second kappa shape index (κ2) is 7.14. The van der Waals surface area contributed by atoms with E-state index in [4.69, 9.17) is 5.11 Å². The van der Waals surface area contributed by atoms with Crippen molar-refractivity contribution in [3.05, 3.63) is 0 Å². The Bertz CT molecular complexity index is 266. The molecule has 0 aromatic rings. The third kappa shape index (κ3) is 5.06. The van der Waals surface area contributed by atoms with E-state index in [1.165, 1.54) is 0 Å². The van der Waals surface area contributed by atoms with Crippen LogP contribution in [0.4, 0.5) is 4.79 Å². The highest BCUT2D eigenvalue weighted by Gasteiger charge is 2.25. The first-order chi connectivity index (χ1) is 7.81. The lowest BCUT2D eigenvalue weighted by molar-refractivity contribution is -0.140. The average Bonchev–Trinajstić information content (AvgIpc) is 2.23. The van der Waals surface area contributed by atoms with Crippen molar-refractivity contribution >= 4 is 12.0 Å². The number of hydrogen-bond acceptors (Lipinski definition) is 2. The van der Waals surface area contributed by atoms with E-state index < -0.39 is 12.0 Å². The summed E-state index contributed by atoms with van der Waals surface area (Å²) >= 11 is 0. The van der Waals surface area contributed by atoms with Gasteiger partial charge in [-0.05, 0) is 19.3 Å². The van der Waals surface area contributed by atoms with Gasteiger partial charge in [0.05, 0.1) is 0 Å². The van der Waals surface area contributed by atoms with Crippen molar-refractivity contribution in [3.63, 3.8) is 0 Å². The maximum absolute atomic E-state index is 11.8. The summed E-state index contributed by atoms with van der Waals surface area (Å²) in [6.45, 7) is 7.55. The van der Waals surface area contributed by atoms with E-state index in [0.717, 1.165) is 12.8 Å². The van der Waals surface area contributed by atoms with E-state index in [-0.39, 0.29) is 18.0 Å². The summed E-state index contributed by atoms with van der Waals surface area (Å²) in [5.41, 5.74) is 0. The van der Waals surface area contributed by atoms with Gasteiger partial charge in [0, 0.05) is 13.1 Å². The van der Waals surface area contributed by atoms with Crippen molar-refractivity contribution in [1.82, 2.24) is 10.2 Å². The number of carboxylic acids is 1. The number of nitrogens with zero attached hydrogens (tertiary/aromatic N) is 1. The zero-order valence-corrected chi connectivity index (χ0v) is 11.4. The molecule has 0 saturated heterocycles. The summed E-state index contributed by atoms with van der Waals surface area (Å²) in [5, 5.41) is 11.5. The van der Waals surface area contributed by atoms with Crippen LogP contribution >= 0.6 is 0 Å².